The largest absolute Gasteiger partial charge is 0.457 e. The third-order valence-corrected chi connectivity index (χ3v) is 5.87. The van der Waals surface area contributed by atoms with Crippen LogP contribution in [-0.2, 0) is 14.3 Å². The standard InChI is InChI=1S/C24H23N3O4/c28-22(26-21-13-14-25-27(21)16-7-1-2-8-16)15-30-24(29)23-17-9-3-5-11-19(17)31-20-12-6-4-10-18(20)23/h3-6,9-14,16,23H,1-2,7-8,15H2,(H,26,28). The second-order valence-electron chi connectivity index (χ2n) is 7.87. The summed E-state index contributed by atoms with van der Waals surface area (Å²) in [7, 11) is 0. The highest BCUT2D eigenvalue weighted by Gasteiger charge is 2.34. The molecule has 5 rings (SSSR count). The smallest absolute Gasteiger partial charge is 0.318 e. The predicted octanol–water partition coefficient (Wildman–Crippen LogP) is 4.42. The molecule has 1 aliphatic carbocycles. The number of carbonyl (C=O) groups excluding carboxylic acids is 2. The molecule has 2 heterocycles. The van der Waals surface area contributed by atoms with Gasteiger partial charge >= 0.3 is 5.97 Å². The fourth-order valence-corrected chi connectivity index (χ4v) is 4.42. The van der Waals surface area contributed by atoms with Gasteiger partial charge in [-0.05, 0) is 25.0 Å². The zero-order valence-electron chi connectivity index (χ0n) is 17.0. The number of amides is 1. The number of rotatable bonds is 5. The zero-order valence-corrected chi connectivity index (χ0v) is 17.0. The molecule has 1 saturated carbocycles. The highest BCUT2D eigenvalue weighted by atomic mass is 16.5. The summed E-state index contributed by atoms with van der Waals surface area (Å²) in [5.41, 5.74) is 1.46. The lowest BCUT2D eigenvalue weighted by Gasteiger charge is -2.26. The van der Waals surface area contributed by atoms with Crippen molar-refractivity contribution in [3.8, 4) is 11.5 Å². The first-order chi connectivity index (χ1) is 15.2. The normalized spacial score (nSPS) is 15.6. The molecule has 158 valence electrons. The summed E-state index contributed by atoms with van der Waals surface area (Å²) in [6.45, 7) is -0.365. The Balaban J connectivity index is 1.28. The van der Waals surface area contributed by atoms with Crippen LogP contribution < -0.4 is 10.1 Å². The average molecular weight is 417 g/mol. The summed E-state index contributed by atoms with van der Waals surface area (Å²) < 4.78 is 13.2. The predicted molar refractivity (Wildman–Crippen MR) is 114 cm³/mol. The molecule has 0 unspecified atom stereocenters. The van der Waals surface area contributed by atoms with Gasteiger partial charge in [-0.1, -0.05) is 49.2 Å². The fraction of sp³-hybridized carbons (Fsp3) is 0.292. The molecule has 2 aromatic carbocycles. The van der Waals surface area contributed by atoms with E-state index < -0.39 is 11.9 Å². The summed E-state index contributed by atoms with van der Waals surface area (Å²) in [6, 6.07) is 16.8. The van der Waals surface area contributed by atoms with E-state index in [0.717, 1.165) is 24.0 Å². The molecule has 2 aliphatic rings. The molecular formula is C24H23N3O4. The number of hydrogen-bond donors (Lipinski definition) is 1. The monoisotopic (exact) mass is 417 g/mol. The number of aromatic nitrogens is 2. The number of hydrogen-bond acceptors (Lipinski definition) is 5. The minimum atomic E-state index is -0.641. The Kier molecular flexibility index (Phi) is 5.16. The van der Waals surface area contributed by atoms with Gasteiger partial charge in [0.2, 0.25) is 0 Å². The number of anilines is 1. The lowest BCUT2D eigenvalue weighted by Crippen LogP contribution is -2.27. The number of carbonyl (C=O) groups is 2. The SMILES string of the molecule is O=C(COC(=O)C1c2ccccc2Oc2ccccc21)Nc1ccnn1C1CCCC1. The maximum atomic E-state index is 13.0. The van der Waals surface area contributed by atoms with Gasteiger partial charge in [0.05, 0.1) is 12.2 Å². The first kappa shape index (κ1) is 19.4. The van der Waals surface area contributed by atoms with Crippen molar-refractivity contribution < 1.29 is 19.1 Å². The van der Waals surface area contributed by atoms with E-state index in [1.807, 2.05) is 53.2 Å². The summed E-state index contributed by atoms with van der Waals surface area (Å²) >= 11 is 0. The van der Waals surface area contributed by atoms with Crippen molar-refractivity contribution in [3.63, 3.8) is 0 Å². The van der Waals surface area contributed by atoms with Crippen molar-refractivity contribution in [2.45, 2.75) is 37.6 Å². The van der Waals surface area contributed by atoms with Crippen LogP contribution in [0, 0.1) is 0 Å². The molecule has 1 amide bonds. The van der Waals surface area contributed by atoms with E-state index in [-0.39, 0.29) is 12.5 Å². The topological polar surface area (TPSA) is 82.5 Å². The van der Waals surface area contributed by atoms with Crippen LogP contribution in [0.2, 0.25) is 0 Å². The van der Waals surface area contributed by atoms with Crippen LogP contribution in [0.1, 0.15) is 48.8 Å². The lowest BCUT2D eigenvalue weighted by atomic mass is 9.88. The minimum Gasteiger partial charge on any atom is -0.457 e. The van der Waals surface area contributed by atoms with E-state index in [0.29, 0.717) is 23.4 Å². The molecule has 0 bridgehead atoms. The van der Waals surface area contributed by atoms with Gasteiger partial charge in [-0.15, -0.1) is 0 Å². The van der Waals surface area contributed by atoms with E-state index in [1.54, 1.807) is 12.3 Å². The molecule has 1 aliphatic heterocycles. The number of ether oxygens (including phenoxy) is 2. The van der Waals surface area contributed by atoms with Crippen LogP contribution in [0.15, 0.2) is 60.8 Å². The first-order valence-corrected chi connectivity index (χ1v) is 10.6. The average Bonchev–Trinajstić information content (AvgIpc) is 3.47. The third kappa shape index (κ3) is 3.79. The van der Waals surface area contributed by atoms with Gasteiger partial charge < -0.3 is 14.8 Å². The number of benzene rings is 2. The van der Waals surface area contributed by atoms with Crippen LogP contribution in [0.5, 0.6) is 11.5 Å². The Morgan fingerprint density at radius 3 is 2.32 bits per heavy atom. The summed E-state index contributed by atoms with van der Waals surface area (Å²) in [6.07, 6.45) is 6.13. The molecule has 0 atom stereocenters. The zero-order chi connectivity index (χ0) is 21.2. The summed E-state index contributed by atoms with van der Waals surface area (Å²) in [4.78, 5) is 25.5. The van der Waals surface area contributed by atoms with Gasteiger partial charge in [-0.3, -0.25) is 9.59 Å². The Bertz CT molecular complexity index is 1070. The highest BCUT2D eigenvalue weighted by Crippen LogP contribution is 2.44. The molecule has 7 nitrogen and oxygen atoms in total. The number of fused-ring (bicyclic) bond motifs is 2. The first-order valence-electron chi connectivity index (χ1n) is 10.6. The molecule has 0 saturated heterocycles. The number of nitrogens with one attached hydrogen (secondary N) is 1. The second-order valence-corrected chi connectivity index (χ2v) is 7.87. The summed E-state index contributed by atoms with van der Waals surface area (Å²) in [5, 5.41) is 7.17. The van der Waals surface area contributed by atoms with Gasteiger partial charge in [-0.25, -0.2) is 4.68 Å². The van der Waals surface area contributed by atoms with Gasteiger partial charge in [0.15, 0.2) is 6.61 Å². The second kappa shape index (κ2) is 8.26. The van der Waals surface area contributed by atoms with Crippen LogP contribution in [0.25, 0.3) is 0 Å². The maximum absolute atomic E-state index is 13.0. The Hall–Kier alpha value is -3.61. The molecule has 7 heteroatoms. The summed E-state index contributed by atoms with van der Waals surface area (Å²) in [5.74, 6) is 0.359. The van der Waals surface area contributed by atoms with E-state index in [2.05, 4.69) is 10.4 Å². The molecule has 1 aromatic heterocycles. The highest BCUT2D eigenvalue weighted by molar-refractivity contribution is 5.93. The lowest BCUT2D eigenvalue weighted by molar-refractivity contribution is -0.148. The van der Waals surface area contributed by atoms with Crippen LogP contribution >= 0.6 is 0 Å². The Labute approximate surface area is 180 Å². The van der Waals surface area contributed by atoms with E-state index >= 15 is 0 Å². The van der Waals surface area contributed by atoms with Crippen LogP contribution in [-0.4, -0.2) is 28.3 Å². The van der Waals surface area contributed by atoms with E-state index in [4.69, 9.17) is 9.47 Å². The van der Waals surface area contributed by atoms with Crippen molar-refractivity contribution in [2.24, 2.45) is 0 Å². The molecular weight excluding hydrogens is 394 g/mol. The van der Waals surface area contributed by atoms with Crippen LogP contribution in [0.4, 0.5) is 5.82 Å². The van der Waals surface area contributed by atoms with Crippen molar-refractivity contribution >= 4 is 17.7 Å². The van der Waals surface area contributed by atoms with Gasteiger partial charge in [-0.2, -0.15) is 5.10 Å². The van der Waals surface area contributed by atoms with Crippen molar-refractivity contribution in [1.82, 2.24) is 9.78 Å². The van der Waals surface area contributed by atoms with Crippen LogP contribution in [0.3, 0.4) is 0 Å². The quantitative estimate of drug-likeness (QED) is 0.622. The molecule has 0 spiro atoms. The van der Waals surface area contributed by atoms with Gasteiger partial charge in [0.25, 0.3) is 5.91 Å². The number of para-hydroxylation sites is 2. The van der Waals surface area contributed by atoms with Crippen molar-refractivity contribution in [3.05, 3.63) is 71.9 Å². The van der Waals surface area contributed by atoms with Gasteiger partial charge in [0, 0.05) is 17.2 Å². The Morgan fingerprint density at radius 1 is 1.00 bits per heavy atom. The molecule has 0 radical (unpaired) electrons. The molecule has 1 fully saturated rings. The van der Waals surface area contributed by atoms with E-state index in [1.165, 1.54) is 12.8 Å². The number of nitrogens with zero attached hydrogens (tertiary/aromatic N) is 2. The Morgan fingerprint density at radius 2 is 1.65 bits per heavy atom. The third-order valence-electron chi connectivity index (χ3n) is 5.87. The van der Waals surface area contributed by atoms with Crippen molar-refractivity contribution in [1.29, 1.82) is 0 Å². The molecule has 3 aromatic rings. The minimum absolute atomic E-state index is 0.308. The van der Waals surface area contributed by atoms with E-state index in [9.17, 15) is 9.59 Å². The molecule has 31 heavy (non-hydrogen) atoms. The van der Waals surface area contributed by atoms with Gasteiger partial charge in [0.1, 0.15) is 23.2 Å². The molecule has 1 N–H and O–H groups in total. The van der Waals surface area contributed by atoms with Crippen molar-refractivity contribution in [2.75, 3.05) is 11.9 Å². The number of esters is 1. The fourth-order valence-electron chi connectivity index (χ4n) is 4.42. The maximum Gasteiger partial charge on any atom is 0.318 e.